The number of benzene rings is 2. The van der Waals surface area contributed by atoms with Gasteiger partial charge in [0, 0.05) is 6.04 Å². The summed E-state index contributed by atoms with van der Waals surface area (Å²) in [7, 11) is 0. The molecular formula is C23H31N4+. The van der Waals surface area contributed by atoms with Crippen molar-refractivity contribution in [2.24, 2.45) is 11.8 Å². The van der Waals surface area contributed by atoms with E-state index in [1.54, 1.807) is 0 Å². The minimum absolute atomic E-state index is 0.644. The number of rotatable bonds is 3. The fourth-order valence-corrected chi connectivity index (χ4v) is 4.45. The van der Waals surface area contributed by atoms with Crippen molar-refractivity contribution in [3.8, 4) is 0 Å². The van der Waals surface area contributed by atoms with E-state index in [0.29, 0.717) is 6.04 Å². The van der Waals surface area contributed by atoms with Crippen LogP contribution in [-0.4, -0.2) is 34.8 Å². The Balaban J connectivity index is 1.62. The van der Waals surface area contributed by atoms with Gasteiger partial charge in [-0.2, -0.15) is 0 Å². The average molecular weight is 364 g/mol. The van der Waals surface area contributed by atoms with E-state index >= 15 is 0 Å². The lowest BCUT2D eigenvalue weighted by molar-refractivity contribution is -0.480. The number of para-hydroxylation sites is 2. The van der Waals surface area contributed by atoms with E-state index in [2.05, 4.69) is 88.6 Å². The predicted octanol–water partition coefficient (Wildman–Crippen LogP) is 4.44. The van der Waals surface area contributed by atoms with Crippen LogP contribution in [0.4, 0.5) is 11.4 Å². The molecular weight excluding hydrogens is 332 g/mol. The first-order valence-corrected chi connectivity index (χ1v) is 10.2. The molecule has 142 valence electrons. The number of hydrogen-bond donors (Lipinski definition) is 2. The van der Waals surface area contributed by atoms with Crippen LogP contribution in [0.3, 0.4) is 0 Å². The molecule has 4 heteroatoms. The number of nitrogens with zero attached hydrogens (tertiary/aromatic N) is 2. The van der Waals surface area contributed by atoms with Crippen LogP contribution in [0.2, 0.25) is 0 Å². The van der Waals surface area contributed by atoms with Crippen LogP contribution < -0.4 is 10.6 Å². The van der Waals surface area contributed by atoms with Gasteiger partial charge in [0.25, 0.3) is 0 Å². The molecule has 2 N–H and O–H groups in total. The zero-order chi connectivity index (χ0) is 18.6. The van der Waals surface area contributed by atoms with Gasteiger partial charge in [-0.05, 0) is 42.5 Å². The maximum Gasteiger partial charge on any atom is 0.357 e. The fourth-order valence-electron chi connectivity index (χ4n) is 4.45. The first kappa shape index (κ1) is 18.1. The molecule has 2 aliphatic rings. The predicted molar refractivity (Wildman–Crippen MR) is 112 cm³/mol. The third-order valence-electron chi connectivity index (χ3n) is 6.28. The number of guanidine groups is 1. The van der Waals surface area contributed by atoms with E-state index in [1.807, 2.05) is 6.07 Å². The van der Waals surface area contributed by atoms with Crippen LogP contribution in [0.25, 0.3) is 0 Å². The second-order valence-corrected chi connectivity index (χ2v) is 8.00. The van der Waals surface area contributed by atoms with Gasteiger partial charge >= 0.3 is 5.96 Å². The second-order valence-electron chi connectivity index (χ2n) is 8.00. The summed E-state index contributed by atoms with van der Waals surface area (Å²) >= 11 is 0. The molecule has 4 nitrogen and oxygen atoms in total. The number of nitrogens with one attached hydrogen (secondary N) is 2. The minimum atomic E-state index is 0.644. The summed E-state index contributed by atoms with van der Waals surface area (Å²) in [6, 6.07) is 21.7. The highest BCUT2D eigenvalue weighted by atomic mass is 15.4. The molecule has 3 atom stereocenters. The summed E-state index contributed by atoms with van der Waals surface area (Å²) in [6.07, 6.45) is 4.02. The largest absolute Gasteiger partial charge is 0.357 e. The molecule has 0 amide bonds. The summed E-state index contributed by atoms with van der Waals surface area (Å²) in [5.41, 5.74) is 2.32. The topological polar surface area (TPSA) is 30.3 Å². The Morgan fingerprint density at radius 3 is 2.41 bits per heavy atom. The van der Waals surface area contributed by atoms with Crippen LogP contribution in [-0.2, 0) is 0 Å². The molecule has 0 saturated heterocycles. The van der Waals surface area contributed by atoms with Crippen LogP contribution in [0.5, 0.6) is 0 Å². The highest BCUT2D eigenvalue weighted by Crippen LogP contribution is 2.33. The third kappa shape index (κ3) is 4.01. The van der Waals surface area contributed by atoms with E-state index in [4.69, 9.17) is 0 Å². The average Bonchev–Trinajstić information content (AvgIpc) is 2.72. The Kier molecular flexibility index (Phi) is 5.44. The number of anilines is 1. The van der Waals surface area contributed by atoms with Gasteiger partial charge in [-0.25, -0.2) is 14.8 Å². The quantitative estimate of drug-likeness (QED) is 0.790. The molecule has 0 aromatic heterocycles. The van der Waals surface area contributed by atoms with Crippen molar-refractivity contribution in [3.63, 3.8) is 0 Å². The minimum Gasteiger partial charge on any atom is -0.264 e. The molecule has 1 fully saturated rings. The highest BCUT2D eigenvalue weighted by Gasteiger charge is 2.35. The van der Waals surface area contributed by atoms with Gasteiger partial charge in [-0.15, -0.1) is 0 Å². The zero-order valence-electron chi connectivity index (χ0n) is 16.4. The van der Waals surface area contributed by atoms with Crippen LogP contribution in [0.15, 0.2) is 60.7 Å². The molecule has 0 bridgehead atoms. The van der Waals surface area contributed by atoms with Gasteiger partial charge in [0.1, 0.15) is 19.0 Å². The SMILES string of the molecule is C[C@@H]1[C@H](N2CNC(Nc3ccccc3)=[N+](c3ccccc3)C2)CCC[C@@H]1C. The molecule has 2 aromatic carbocycles. The van der Waals surface area contributed by atoms with E-state index in [-0.39, 0.29) is 0 Å². The Labute approximate surface area is 162 Å². The molecule has 1 heterocycles. The number of hydrogen-bond acceptors (Lipinski definition) is 3. The lowest BCUT2D eigenvalue weighted by Crippen LogP contribution is -2.58. The summed E-state index contributed by atoms with van der Waals surface area (Å²) in [5, 5.41) is 7.23. The third-order valence-corrected chi connectivity index (χ3v) is 6.28. The van der Waals surface area contributed by atoms with Crippen molar-refractivity contribution in [1.82, 2.24) is 10.2 Å². The normalized spacial score (nSPS) is 26.5. The van der Waals surface area contributed by atoms with Crippen molar-refractivity contribution < 1.29 is 4.58 Å². The van der Waals surface area contributed by atoms with Gasteiger partial charge < -0.3 is 0 Å². The summed E-state index contributed by atoms with van der Waals surface area (Å²) in [4.78, 5) is 2.61. The fraction of sp³-hybridized carbons (Fsp3) is 0.435. The van der Waals surface area contributed by atoms with Gasteiger partial charge in [0.05, 0.1) is 5.69 Å². The van der Waals surface area contributed by atoms with Gasteiger partial charge in [0.2, 0.25) is 0 Å². The zero-order valence-corrected chi connectivity index (χ0v) is 16.4. The Hall–Kier alpha value is -2.33. The van der Waals surface area contributed by atoms with Gasteiger partial charge in [-0.3, -0.25) is 5.32 Å². The summed E-state index contributed by atoms with van der Waals surface area (Å²) in [5.74, 6) is 2.60. The standard InChI is InChI=1S/C23H30N4/c1-18-10-9-15-22(19(18)2)26-16-24-23(25-20-11-5-3-6-12-20)27(17-26)21-13-7-4-8-14-21/h3-8,11-14,18-19,22H,9-10,15-17H2,1-2H3,(H,24,25)/p+1/t18-,19-,22+/m0/s1. The van der Waals surface area contributed by atoms with E-state index in [9.17, 15) is 0 Å². The van der Waals surface area contributed by atoms with Crippen LogP contribution >= 0.6 is 0 Å². The second kappa shape index (κ2) is 8.13. The molecule has 1 saturated carbocycles. The molecule has 0 radical (unpaired) electrons. The Morgan fingerprint density at radius 2 is 1.67 bits per heavy atom. The molecule has 1 aliphatic heterocycles. The van der Waals surface area contributed by atoms with Gasteiger partial charge in [-0.1, -0.05) is 63.1 Å². The lowest BCUT2D eigenvalue weighted by atomic mass is 9.77. The van der Waals surface area contributed by atoms with Crippen molar-refractivity contribution in [2.45, 2.75) is 39.2 Å². The van der Waals surface area contributed by atoms with E-state index in [0.717, 1.165) is 36.8 Å². The lowest BCUT2D eigenvalue weighted by Gasteiger charge is -2.42. The summed E-state index contributed by atoms with van der Waals surface area (Å²) in [6.45, 7) is 6.65. The molecule has 1 aliphatic carbocycles. The Morgan fingerprint density at radius 1 is 0.963 bits per heavy atom. The first-order valence-electron chi connectivity index (χ1n) is 10.2. The Bertz CT molecular complexity index is 771. The van der Waals surface area contributed by atoms with Crippen molar-refractivity contribution >= 4 is 17.3 Å². The molecule has 4 rings (SSSR count). The van der Waals surface area contributed by atoms with Crippen LogP contribution in [0, 0.1) is 11.8 Å². The van der Waals surface area contributed by atoms with Crippen molar-refractivity contribution in [2.75, 3.05) is 18.7 Å². The molecule has 27 heavy (non-hydrogen) atoms. The highest BCUT2D eigenvalue weighted by molar-refractivity contribution is 5.90. The van der Waals surface area contributed by atoms with Crippen molar-refractivity contribution in [3.05, 3.63) is 60.7 Å². The van der Waals surface area contributed by atoms with Crippen LogP contribution in [0.1, 0.15) is 33.1 Å². The summed E-state index contributed by atoms with van der Waals surface area (Å²) < 4.78 is 2.36. The maximum absolute atomic E-state index is 3.66. The van der Waals surface area contributed by atoms with E-state index < -0.39 is 0 Å². The van der Waals surface area contributed by atoms with Gasteiger partial charge in [0.15, 0.2) is 0 Å². The monoisotopic (exact) mass is 363 g/mol. The molecule has 0 unspecified atom stereocenters. The first-order chi connectivity index (χ1) is 13.2. The molecule has 2 aromatic rings. The van der Waals surface area contributed by atoms with Crippen molar-refractivity contribution in [1.29, 1.82) is 0 Å². The maximum atomic E-state index is 3.66. The van der Waals surface area contributed by atoms with E-state index in [1.165, 1.54) is 24.9 Å². The smallest absolute Gasteiger partial charge is 0.264 e. The molecule has 0 spiro atoms.